The van der Waals surface area contributed by atoms with Crippen LogP contribution in [0.3, 0.4) is 0 Å². The molecule has 2 nitrogen and oxygen atoms in total. The van der Waals surface area contributed by atoms with Crippen LogP contribution in [0.15, 0.2) is 43.0 Å². The largest absolute Gasteiger partial charge is 0.273 e. The molecule has 3 atom stereocenters. The summed E-state index contributed by atoms with van der Waals surface area (Å²) in [6, 6.07) is 12.8. The van der Waals surface area contributed by atoms with Gasteiger partial charge in [-0.1, -0.05) is 36.4 Å². The van der Waals surface area contributed by atoms with Gasteiger partial charge in [0.25, 0.3) is 0 Å². The molecule has 1 heterocycles. The van der Waals surface area contributed by atoms with E-state index in [0.717, 1.165) is 6.54 Å². The highest BCUT2D eigenvalue weighted by atomic mass is 15.3. The van der Waals surface area contributed by atoms with Crippen LogP contribution in [-0.2, 0) is 0 Å². The highest BCUT2D eigenvalue weighted by molar-refractivity contribution is 5.31. The summed E-state index contributed by atoms with van der Waals surface area (Å²) in [4.78, 5) is 2.13. The van der Waals surface area contributed by atoms with E-state index < -0.39 is 0 Å². The maximum atomic E-state index is 8.91. The van der Waals surface area contributed by atoms with E-state index in [1.165, 1.54) is 5.56 Å². The second-order valence-electron chi connectivity index (χ2n) is 3.41. The van der Waals surface area contributed by atoms with Crippen LogP contribution in [0.4, 0.5) is 0 Å². The van der Waals surface area contributed by atoms with Gasteiger partial charge in [0.1, 0.15) is 6.04 Å². The van der Waals surface area contributed by atoms with Crippen LogP contribution >= 0.6 is 0 Å². The molecule has 70 valence electrons. The van der Waals surface area contributed by atoms with Crippen LogP contribution in [0, 0.1) is 11.3 Å². The summed E-state index contributed by atoms with van der Waals surface area (Å²) in [5, 5.41) is 8.91. The Balaban J connectivity index is 2.15. The lowest BCUT2D eigenvalue weighted by Gasteiger charge is -1.98. The first-order chi connectivity index (χ1) is 6.88. The number of rotatable bonds is 3. The van der Waals surface area contributed by atoms with Crippen molar-refractivity contribution in [3.63, 3.8) is 0 Å². The smallest absolute Gasteiger partial charge is 0.119 e. The van der Waals surface area contributed by atoms with Gasteiger partial charge in [0.2, 0.25) is 0 Å². The second kappa shape index (κ2) is 3.65. The predicted molar refractivity (Wildman–Crippen MR) is 55.5 cm³/mol. The van der Waals surface area contributed by atoms with Crippen LogP contribution < -0.4 is 0 Å². The fourth-order valence-corrected chi connectivity index (χ4v) is 1.82. The number of hydrogen-bond donors (Lipinski definition) is 0. The van der Waals surface area contributed by atoms with Gasteiger partial charge in [0.15, 0.2) is 0 Å². The third-order valence-corrected chi connectivity index (χ3v) is 2.54. The van der Waals surface area contributed by atoms with E-state index in [4.69, 9.17) is 5.26 Å². The zero-order valence-corrected chi connectivity index (χ0v) is 7.93. The minimum absolute atomic E-state index is 0.0374. The quantitative estimate of drug-likeness (QED) is 0.531. The summed E-state index contributed by atoms with van der Waals surface area (Å²) in [5.41, 5.74) is 1.22. The van der Waals surface area contributed by atoms with Crippen molar-refractivity contribution in [3.05, 3.63) is 48.6 Å². The molecule has 0 spiro atoms. The van der Waals surface area contributed by atoms with Gasteiger partial charge in [0, 0.05) is 6.54 Å². The first kappa shape index (κ1) is 8.98. The van der Waals surface area contributed by atoms with Gasteiger partial charge in [-0.15, -0.1) is 6.58 Å². The van der Waals surface area contributed by atoms with Crippen molar-refractivity contribution >= 4 is 0 Å². The van der Waals surface area contributed by atoms with Crippen molar-refractivity contribution < 1.29 is 0 Å². The van der Waals surface area contributed by atoms with Crippen molar-refractivity contribution in [2.75, 3.05) is 6.54 Å². The molecule has 0 amide bonds. The predicted octanol–water partition coefficient (Wildman–Crippen LogP) is 2.12. The first-order valence-corrected chi connectivity index (χ1v) is 4.69. The Hall–Kier alpha value is -1.59. The molecule has 0 radical (unpaired) electrons. The minimum atomic E-state index is 0.0374. The average Bonchev–Trinajstić information content (AvgIpc) is 2.93. The molecule has 14 heavy (non-hydrogen) atoms. The molecule has 2 rings (SSSR count). The fraction of sp³-hybridized carbons (Fsp3) is 0.250. The summed E-state index contributed by atoms with van der Waals surface area (Å²) in [6.07, 6.45) is 1.84. The van der Waals surface area contributed by atoms with E-state index in [9.17, 15) is 0 Å². The van der Waals surface area contributed by atoms with Gasteiger partial charge in [-0.2, -0.15) is 5.26 Å². The SMILES string of the molecule is C=CCN1C(C#N)C1c1ccccc1. The molecular formula is C12H12N2. The maximum Gasteiger partial charge on any atom is 0.119 e. The Morgan fingerprint density at radius 3 is 2.71 bits per heavy atom. The average molecular weight is 184 g/mol. The normalized spacial score (nSPS) is 29.2. The second-order valence-corrected chi connectivity index (χ2v) is 3.41. The third kappa shape index (κ3) is 1.43. The van der Waals surface area contributed by atoms with Crippen LogP contribution in [0.2, 0.25) is 0 Å². The standard InChI is InChI=1S/C12H12N2/c1-2-8-14-11(9-13)12(14)10-6-4-3-5-7-10/h2-7,11-12H,1,8H2. The van der Waals surface area contributed by atoms with E-state index in [1.54, 1.807) is 0 Å². The summed E-state index contributed by atoms with van der Waals surface area (Å²) in [6.45, 7) is 4.48. The van der Waals surface area contributed by atoms with E-state index in [1.807, 2.05) is 24.3 Å². The molecule has 3 unspecified atom stereocenters. The van der Waals surface area contributed by atoms with Crippen LogP contribution in [0.1, 0.15) is 11.6 Å². The van der Waals surface area contributed by atoms with Gasteiger partial charge < -0.3 is 0 Å². The highest BCUT2D eigenvalue weighted by Crippen LogP contribution is 2.41. The van der Waals surface area contributed by atoms with Gasteiger partial charge in [-0.25, -0.2) is 0 Å². The summed E-state index contributed by atoms with van der Waals surface area (Å²) in [7, 11) is 0. The lowest BCUT2D eigenvalue weighted by atomic mass is 10.1. The molecule has 1 aromatic carbocycles. The van der Waals surface area contributed by atoms with Crippen molar-refractivity contribution in [2.24, 2.45) is 0 Å². The number of hydrogen-bond acceptors (Lipinski definition) is 2. The molecule has 1 aliphatic rings. The lowest BCUT2D eigenvalue weighted by Crippen LogP contribution is -1.99. The Labute approximate surface area is 84.1 Å². The molecule has 1 aliphatic heterocycles. The Morgan fingerprint density at radius 1 is 1.43 bits per heavy atom. The zero-order valence-electron chi connectivity index (χ0n) is 7.93. The van der Waals surface area contributed by atoms with Crippen molar-refractivity contribution in [1.29, 1.82) is 5.26 Å². The highest BCUT2D eigenvalue weighted by Gasteiger charge is 2.47. The van der Waals surface area contributed by atoms with E-state index in [-0.39, 0.29) is 12.1 Å². The molecule has 2 heteroatoms. The van der Waals surface area contributed by atoms with Crippen molar-refractivity contribution in [1.82, 2.24) is 4.90 Å². The van der Waals surface area contributed by atoms with Gasteiger partial charge in [-0.3, -0.25) is 4.90 Å². The van der Waals surface area contributed by atoms with Crippen LogP contribution in [0.25, 0.3) is 0 Å². The zero-order chi connectivity index (χ0) is 9.97. The summed E-state index contributed by atoms with van der Waals surface area (Å²) in [5.74, 6) is 0. The monoisotopic (exact) mass is 184 g/mol. The van der Waals surface area contributed by atoms with Crippen LogP contribution in [-0.4, -0.2) is 17.5 Å². The molecule has 0 aromatic heterocycles. The Bertz CT molecular complexity index is 364. The lowest BCUT2D eigenvalue weighted by molar-refractivity contribution is 0.557. The molecule has 1 aromatic rings. The Morgan fingerprint density at radius 2 is 2.14 bits per heavy atom. The molecule has 0 saturated carbocycles. The fourth-order valence-electron chi connectivity index (χ4n) is 1.82. The van der Waals surface area contributed by atoms with Crippen LogP contribution in [0.5, 0.6) is 0 Å². The molecular weight excluding hydrogens is 172 g/mol. The van der Waals surface area contributed by atoms with Gasteiger partial charge >= 0.3 is 0 Å². The number of nitrogens with zero attached hydrogens (tertiary/aromatic N) is 2. The number of benzene rings is 1. The van der Waals surface area contributed by atoms with Crippen molar-refractivity contribution in [2.45, 2.75) is 12.1 Å². The first-order valence-electron chi connectivity index (χ1n) is 4.69. The molecule has 0 aliphatic carbocycles. The summed E-state index contributed by atoms with van der Waals surface area (Å²) >= 11 is 0. The number of nitriles is 1. The van der Waals surface area contributed by atoms with Gasteiger partial charge in [0.05, 0.1) is 12.1 Å². The Kier molecular flexibility index (Phi) is 2.34. The molecule has 1 saturated heterocycles. The van der Waals surface area contributed by atoms with Crippen molar-refractivity contribution in [3.8, 4) is 6.07 Å². The topological polar surface area (TPSA) is 26.8 Å². The molecule has 0 bridgehead atoms. The van der Waals surface area contributed by atoms with Gasteiger partial charge in [-0.05, 0) is 5.56 Å². The summed E-state index contributed by atoms with van der Waals surface area (Å²) < 4.78 is 0. The minimum Gasteiger partial charge on any atom is -0.273 e. The molecule has 1 fully saturated rings. The van der Waals surface area contributed by atoms with E-state index >= 15 is 0 Å². The maximum absolute atomic E-state index is 8.91. The third-order valence-electron chi connectivity index (χ3n) is 2.54. The van der Waals surface area contributed by atoms with E-state index in [2.05, 4.69) is 29.7 Å². The van der Waals surface area contributed by atoms with E-state index in [0.29, 0.717) is 0 Å². The molecule has 0 N–H and O–H groups in total.